The van der Waals surface area contributed by atoms with Crippen LogP contribution in [0, 0.1) is 12.3 Å². The van der Waals surface area contributed by atoms with Crippen LogP contribution < -0.4 is 4.74 Å². The van der Waals surface area contributed by atoms with Gasteiger partial charge in [-0.1, -0.05) is 23.7 Å². The third-order valence-corrected chi connectivity index (χ3v) is 2.36. The van der Waals surface area contributed by atoms with Gasteiger partial charge in [0.25, 0.3) is 0 Å². The molecule has 0 atom stereocenters. The number of hydrogen-bond donors (Lipinski definition) is 1. The molecule has 0 unspecified atom stereocenters. The van der Waals surface area contributed by atoms with Crippen LogP contribution in [0.4, 0.5) is 0 Å². The Balaban J connectivity index is 2.98. The first-order valence-electron chi connectivity index (χ1n) is 4.42. The highest BCUT2D eigenvalue weighted by Crippen LogP contribution is 2.29. The molecule has 2 nitrogen and oxygen atoms in total. The van der Waals surface area contributed by atoms with Gasteiger partial charge in [0, 0.05) is 6.21 Å². The average molecular weight is 212 g/mol. The van der Waals surface area contributed by atoms with E-state index in [-0.39, 0.29) is 0 Å². The number of benzene rings is 1. The Labute approximate surface area is 89.4 Å². The lowest BCUT2D eigenvalue weighted by molar-refractivity contribution is 0.187. The standard InChI is InChI=1S/C11H14ClNO/c1-8-5-4-6-9(10(8)12)14-11(2,3)7-13/h4-7,13H,1-3H3. The Morgan fingerprint density at radius 3 is 2.64 bits per heavy atom. The molecule has 1 N–H and O–H groups in total. The van der Waals surface area contributed by atoms with Gasteiger partial charge in [0.2, 0.25) is 0 Å². The summed E-state index contributed by atoms with van der Waals surface area (Å²) in [7, 11) is 0. The summed E-state index contributed by atoms with van der Waals surface area (Å²) < 4.78 is 5.59. The largest absolute Gasteiger partial charge is 0.481 e. The number of nitrogens with one attached hydrogen (secondary N) is 1. The second-order valence-electron chi connectivity index (χ2n) is 3.74. The van der Waals surface area contributed by atoms with Crippen LogP contribution in [0.15, 0.2) is 18.2 Å². The summed E-state index contributed by atoms with van der Waals surface area (Å²) in [5.74, 6) is 0.625. The van der Waals surface area contributed by atoms with Crippen molar-refractivity contribution in [3.05, 3.63) is 28.8 Å². The monoisotopic (exact) mass is 211 g/mol. The van der Waals surface area contributed by atoms with Crippen molar-refractivity contribution in [2.45, 2.75) is 26.4 Å². The van der Waals surface area contributed by atoms with Gasteiger partial charge in [-0.05, 0) is 32.4 Å². The fourth-order valence-electron chi connectivity index (χ4n) is 1.01. The zero-order valence-electron chi connectivity index (χ0n) is 8.60. The average Bonchev–Trinajstić information content (AvgIpc) is 2.13. The molecule has 14 heavy (non-hydrogen) atoms. The van der Waals surface area contributed by atoms with Crippen molar-refractivity contribution >= 4 is 17.8 Å². The molecular formula is C11H14ClNO. The van der Waals surface area contributed by atoms with Crippen LogP contribution in [0.3, 0.4) is 0 Å². The molecule has 0 aromatic heterocycles. The van der Waals surface area contributed by atoms with Crippen LogP contribution in [-0.4, -0.2) is 11.8 Å². The van der Waals surface area contributed by atoms with Crippen LogP contribution in [0.1, 0.15) is 19.4 Å². The molecule has 1 aromatic rings. The van der Waals surface area contributed by atoms with Crippen molar-refractivity contribution in [2.24, 2.45) is 0 Å². The molecule has 0 spiro atoms. The number of rotatable bonds is 3. The molecule has 0 saturated carbocycles. The molecule has 0 aliphatic rings. The van der Waals surface area contributed by atoms with Gasteiger partial charge in [-0.2, -0.15) is 0 Å². The highest BCUT2D eigenvalue weighted by Gasteiger charge is 2.17. The van der Waals surface area contributed by atoms with Gasteiger partial charge in [-0.25, -0.2) is 0 Å². The highest BCUT2D eigenvalue weighted by molar-refractivity contribution is 6.32. The maximum Gasteiger partial charge on any atom is 0.139 e. The normalized spacial score (nSPS) is 11.1. The molecule has 0 heterocycles. The first-order valence-corrected chi connectivity index (χ1v) is 4.80. The van der Waals surface area contributed by atoms with Crippen LogP contribution >= 0.6 is 11.6 Å². The fourth-order valence-corrected chi connectivity index (χ4v) is 1.18. The molecule has 76 valence electrons. The van der Waals surface area contributed by atoms with Crippen molar-refractivity contribution in [1.82, 2.24) is 0 Å². The van der Waals surface area contributed by atoms with Gasteiger partial charge in [0.15, 0.2) is 0 Å². The molecule has 0 aliphatic heterocycles. The maximum atomic E-state index is 7.19. The SMILES string of the molecule is Cc1cccc(OC(C)(C)C=N)c1Cl. The van der Waals surface area contributed by atoms with Crippen LogP contribution in [0.25, 0.3) is 0 Å². The van der Waals surface area contributed by atoms with E-state index in [1.165, 1.54) is 6.21 Å². The van der Waals surface area contributed by atoms with E-state index in [2.05, 4.69) is 0 Å². The number of aryl methyl sites for hydroxylation is 1. The third-order valence-electron chi connectivity index (χ3n) is 1.88. The molecule has 3 heteroatoms. The zero-order valence-corrected chi connectivity index (χ0v) is 9.35. The van der Waals surface area contributed by atoms with Crippen LogP contribution in [0.2, 0.25) is 5.02 Å². The van der Waals surface area contributed by atoms with E-state index in [1.807, 2.05) is 32.9 Å². The highest BCUT2D eigenvalue weighted by atomic mass is 35.5. The predicted molar refractivity (Wildman–Crippen MR) is 59.7 cm³/mol. The predicted octanol–water partition coefficient (Wildman–Crippen LogP) is 3.46. The van der Waals surface area contributed by atoms with E-state index in [0.29, 0.717) is 10.8 Å². The molecule has 0 saturated heterocycles. The Morgan fingerprint density at radius 1 is 1.43 bits per heavy atom. The van der Waals surface area contributed by atoms with Crippen LogP contribution in [0.5, 0.6) is 5.75 Å². The van der Waals surface area contributed by atoms with E-state index in [1.54, 1.807) is 6.07 Å². The summed E-state index contributed by atoms with van der Waals surface area (Å²) in [5.41, 5.74) is 0.363. The lowest BCUT2D eigenvalue weighted by Gasteiger charge is -2.22. The van der Waals surface area contributed by atoms with Crippen molar-refractivity contribution in [3.63, 3.8) is 0 Å². The van der Waals surface area contributed by atoms with Gasteiger partial charge >= 0.3 is 0 Å². The van der Waals surface area contributed by atoms with Gasteiger partial charge in [-0.15, -0.1) is 0 Å². The molecular weight excluding hydrogens is 198 g/mol. The summed E-state index contributed by atoms with van der Waals surface area (Å²) in [4.78, 5) is 0. The Bertz CT molecular complexity index is 347. The van der Waals surface area contributed by atoms with Crippen molar-refractivity contribution in [3.8, 4) is 5.75 Å². The Hall–Kier alpha value is -1.02. The smallest absolute Gasteiger partial charge is 0.139 e. The molecule has 1 aromatic carbocycles. The fraction of sp³-hybridized carbons (Fsp3) is 0.364. The minimum absolute atomic E-state index is 0.613. The lowest BCUT2D eigenvalue weighted by atomic mass is 10.1. The lowest BCUT2D eigenvalue weighted by Crippen LogP contribution is -2.29. The van der Waals surface area contributed by atoms with Gasteiger partial charge < -0.3 is 10.1 Å². The summed E-state index contributed by atoms with van der Waals surface area (Å²) in [6, 6.07) is 5.61. The Kier molecular flexibility index (Phi) is 3.17. The van der Waals surface area contributed by atoms with Gasteiger partial charge in [-0.3, -0.25) is 0 Å². The number of hydrogen-bond acceptors (Lipinski definition) is 2. The van der Waals surface area contributed by atoms with Crippen molar-refractivity contribution in [2.75, 3.05) is 0 Å². The number of halogens is 1. The van der Waals surface area contributed by atoms with Gasteiger partial charge in [0.1, 0.15) is 11.4 Å². The second kappa shape index (κ2) is 4.01. The zero-order chi connectivity index (χ0) is 10.8. The second-order valence-corrected chi connectivity index (χ2v) is 4.11. The number of ether oxygens (including phenoxy) is 1. The summed E-state index contributed by atoms with van der Waals surface area (Å²) in [6.07, 6.45) is 1.26. The van der Waals surface area contributed by atoms with Crippen molar-refractivity contribution < 1.29 is 4.74 Å². The quantitative estimate of drug-likeness (QED) is 0.764. The summed E-state index contributed by atoms with van der Waals surface area (Å²) >= 11 is 6.06. The third kappa shape index (κ3) is 2.48. The topological polar surface area (TPSA) is 33.1 Å². The molecule has 0 bridgehead atoms. The van der Waals surface area contributed by atoms with E-state index in [9.17, 15) is 0 Å². The minimum Gasteiger partial charge on any atom is -0.481 e. The first kappa shape index (κ1) is 11.1. The molecule has 0 amide bonds. The minimum atomic E-state index is -0.614. The first-order chi connectivity index (χ1) is 6.46. The van der Waals surface area contributed by atoms with E-state index >= 15 is 0 Å². The van der Waals surface area contributed by atoms with Crippen molar-refractivity contribution in [1.29, 1.82) is 5.41 Å². The Morgan fingerprint density at radius 2 is 2.07 bits per heavy atom. The molecule has 0 aliphatic carbocycles. The van der Waals surface area contributed by atoms with Crippen LogP contribution in [-0.2, 0) is 0 Å². The summed E-state index contributed by atoms with van der Waals surface area (Å²) in [6.45, 7) is 5.56. The van der Waals surface area contributed by atoms with E-state index < -0.39 is 5.60 Å². The molecule has 0 radical (unpaired) electrons. The van der Waals surface area contributed by atoms with E-state index in [4.69, 9.17) is 21.7 Å². The molecule has 0 fully saturated rings. The molecule has 1 rings (SSSR count). The van der Waals surface area contributed by atoms with Gasteiger partial charge in [0.05, 0.1) is 5.02 Å². The maximum absolute atomic E-state index is 7.19. The summed E-state index contributed by atoms with van der Waals surface area (Å²) in [5, 5.41) is 7.80. The van der Waals surface area contributed by atoms with E-state index in [0.717, 1.165) is 5.56 Å².